The third kappa shape index (κ3) is 3.53. The fraction of sp³-hybridized carbons (Fsp3) is 0.0370. The summed E-state index contributed by atoms with van der Waals surface area (Å²) in [4.78, 5) is 0. The zero-order valence-electron chi connectivity index (χ0n) is 16.6. The number of benzene rings is 4. The van der Waals surface area contributed by atoms with Gasteiger partial charge in [-0.3, -0.25) is 0 Å². The van der Waals surface area contributed by atoms with Crippen molar-refractivity contribution < 1.29 is 4.57 Å². The highest BCUT2D eigenvalue weighted by molar-refractivity contribution is 5.56. The summed E-state index contributed by atoms with van der Waals surface area (Å²) in [6.45, 7) is 0. The van der Waals surface area contributed by atoms with Gasteiger partial charge in [-0.2, -0.15) is 4.57 Å². The van der Waals surface area contributed by atoms with Crippen molar-refractivity contribution in [3.8, 4) is 22.8 Å². The van der Waals surface area contributed by atoms with E-state index in [0.717, 1.165) is 35.0 Å². The molecule has 30 heavy (non-hydrogen) atoms. The van der Waals surface area contributed by atoms with Gasteiger partial charge in [0.05, 0.1) is 12.0 Å². The lowest BCUT2D eigenvalue weighted by molar-refractivity contribution is -0.592. The van der Waals surface area contributed by atoms with Crippen molar-refractivity contribution in [2.75, 3.05) is 0 Å². The van der Waals surface area contributed by atoms with Crippen LogP contribution in [0, 0.1) is 0 Å². The molecule has 0 N–H and O–H groups in total. The Morgan fingerprint density at radius 3 is 1.77 bits per heavy atom. The van der Waals surface area contributed by atoms with Crippen molar-refractivity contribution in [1.82, 2.24) is 9.78 Å². The molecule has 0 aliphatic carbocycles. The van der Waals surface area contributed by atoms with Crippen LogP contribution in [0.3, 0.4) is 0 Å². The molecule has 0 aliphatic rings. The largest absolute Gasteiger partial charge is 0.287 e. The zero-order valence-corrected chi connectivity index (χ0v) is 16.6. The van der Waals surface area contributed by atoms with Crippen LogP contribution >= 0.6 is 0 Å². The van der Waals surface area contributed by atoms with E-state index in [1.807, 2.05) is 24.3 Å². The van der Waals surface area contributed by atoms with Crippen LogP contribution in [0.2, 0.25) is 0 Å². The van der Waals surface area contributed by atoms with Gasteiger partial charge in [0.2, 0.25) is 0 Å². The van der Waals surface area contributed by atoms with E-state index in [1.165, 1.54) is 5.56 Å². The molecule has 0 saturated carbocycles. The van der Waals surface area contributed by atoms with Gasteiger partial charge in [0.1, 0.15) is 11.4 Å². The fourth-order valence-corrected chi connectivity index (χ4v) is 3.75. The Morgan fingerprint density at radius 1 is 0.600 bits per heavy atom. The normalized spacial score (nSPS) is 10.8. The van der Waals surface area contributed by atoms with Crippen LogP contribution in [0.1, 0.15) is 11.4 Å². The van der Waals surface area contributed by atoms with E-state index in [1.54, 1.807) is 0 Å². The van der Waals surface area contributed by atoms with Crippen LogP contribution in [0.25, 0.3) is 22.8 Å². The van der Waals surface area contributed by atoms with Crippen molar-refractivity contribution in [3.63, 3.8) is 0 Å². The molecule has 0 unspecified atom stereocenters. The first kappa shape index (κ1) is 18.1. The quantitative estimate of drug-likeness (QED) is 0.369. The molecule has 3 nitrogen and oxygen atoms in total. The highest BCUT2D eigenvalue weighted by Gasteiger charge is 2.29. The second-order valence-corrected chi connectivity index (χ2v) is 7.19. The molecule has 4 aromatic carbocycles. The highest BCUT2D eigenvalue weighted by atomic mass is 15.4. The number of hydrogen-bond acceptors (Lipinski definition) is 1. The van der Waals surface area contributed by atoms with Crippen LogP contribution in [0.5, 0.6) is 0 Å². The van der Waals surface area contributed by atoms with Gasteiger partial charge in [0, 0.05) is 5.10 Å². The van der Waals surface area contributed by atoms with E-state index in [4.69, 9.17) is 5.10 Å². The molecule has 1 aromatic heterocycles. The minimum atomic E-state index is 0.745. The topological polar surface area (TPSA) is 21.7 Å². The molecule has 5 rings (SSSR count). The molecular formula is C27H22N3+. The van der Waals surface area contributed by atoms with Crippen LogP contribution < -0.4 is 4.57 Å². The van der Waals surface area contributed by atoms with Crippen molar-refractivity contribution in [1.29, 1.82) is 0 Å². The number of nitrogens with zero attached hydrogens (tertiary/aromatic N) is 3. The second kappa shape index (κ2) is 8.18. The summed E-state index contributed by atoms with van der Waals surface area (Å²) in [5.74, 6) is 2.04. The van der Waals surface area contributed by atoms with E-state index in [-0.39, 0.29) is 0 Å². The van der Waals surface area contributed by atoms with Crippen molar-refractivity contribution in [2.24, 2.45) is 0 Å². The Hall–Kier alpha value is -3.98. The first-order valence-corrected chi connectivity index (χ1v) is 10.1. The van der Waals surface area contributed by atoms with Gasteiger partial charge in [-0.05, 0) is 42.0 Å². The lowest BCUT2D eigenvalue weighted by Gasteiger charge is -2.06. The maximum Gasteiger partial charge on any atom is 0.287 e. The predicted octanol–water partition coefficient (Wildman–Crippen LogP) is 5.41. The molecule has 0 atom stereocenters. The van der Waals surface area contributed by atoms with Crippen LogP contribution in [-0.2, 0) is 6.42 Å². The van der Waals surface area contributed by atoms with E-state index < -0.39 is 0 Å². The van der Waals surface area contributed by atoms with Gasteiger partial charge >= 0.3 is 0 Å². The Labute approximate surface area is 176 Å². The average Bonchev–Trinajstić information content (AvgIpc) is 3.20. The second-order valence-electron chi connectivity index (χ2n) is 7.19. The number of aromatic nitrogens is 3. The molecule has 0 saturated heterocycles. The minimum absolute atomic E-state index is 0.745. The summed E-state index contributed by atoms with van der Waals surface area (Å²) in [5.41, 5.74) is 4.50. The van der Waals surface area contributed by atoms with Gasteiger partial charge < -0.3 is 0 Å². The first-order valence-electron chi connectivity index (χ1n) is 10.1. The minimum Gasteiger partial charge on any atom is -0.193 e. The van der Waals surface area contributed by atoms with Crippen molar-refractivity contribution in [3.05, 3.63) is 133 Å². The summed E-state index contributed by atoms with van der Waals surface area (Å²) in [6, 6.07) is 41.8. The van der Waals surface area contributed by atoms with E-state index >= 15 is 0 Å². The maximum atomic E-state index is 5.11. The maximum absolute atomic E-state index is 5.11. The van der Waals surface area contributed by atoms with Crippen LogP contribution in [0.15, 0.2) is 121 Å². The SMILES string of the molecule is c1ccc(Cc2nn(-c3ccccc3)c(-c3ccccc3)[n+]2-c2ccccc2)cc1. The monoisotopic (exact) mass is 388 g/mol. The van der Waals surface area contributed by atoms with E-state index in [9.17, 15) is 0 Å². The number of rotatable bonds is 5. The molecule has 0 amide bonds. The van der Waals surface area contributed by atoms with Crippen LogP contribution in [-0.4, -0.2) is 9.78 Å². The summed E-state index contributed by atoms with van der Waals surface area (Å²) in [5, 5.41) is 5.11. The Balaban J connectivity index is 1.79. The van der Waals surface area contributed by atoms with Crippen LogP contribution in [0.4, 0.5) is 0 Å². The van der Waals surface area contributed by atoms with Gasteiger partial charge in [-0.25, -0.2) is 0 Å². The molecule has 0 fully saturated rings. The average molecular weight is 388 g/mol. The molecule has 144 valence electrons. The molecular weight excluding hydrogens is 366 g/mol. The lowest BCUT2D eigenvalue weighted by atomic mass is 10.1. The fourth-order valence-electron chi connectivity index (χ4n) is 3.75. The highest BCUT2D eigenvalue weighted by Crippen LogP contribution is 2.22. The lowest BCUT2D eigenvalue weighted by Crippen LogP contribution is -2.36. The predicted molar refractivity (Wildman–Crippen MR) is 120 cm³/mol. The molecule has 0 radical (unpaired) electrons. The Bertz CT molecular complexity index is 1230. The van der Waals surface area contributed by atoms with E-state index in [0.29, 0.717) is 0 Å². The molecule has 0 spiro atoms. The molecule has 5 aromatic rings. The first-order chi connectivity index (χ1) is 14.9. The molecule has 0 aliphatic heterocycles. The molecule has 0 bridgehead atoms. The van der Waals surface area contributed by atoms with Gasteiger partial charge in [0.15, 0.2) is 0 Å². The molecule has 3 heteroatoms. The van der Waals surface area contributed by atoms with Crippen molar-refractivity contribution in [2.45, 2.75) is 6.42 Å². The third-order valence-corrected chi connectivity index (χ3v) is 5.14. The summed E-state index contributed by atoms with van der Waals surface area (Å²) >= 11 is 0. The summed E-state index contributed by atoms with van der Waals surface area (Å²) in [6.07, 6.45) is 0.745. The zero-order chi connectivity index (χ0) is 20.2. The van der Waals surface area contributed by atoms with E-state index in [2.05, 4.69) is 106 Å². The Morgan fingerprint density at radius 2 is 1.13 bits per heavy atom. The van der Waals surface area contributed by atoms with Gasteiger partial charge in [-0.1, -0.05) is 89.6 Å². The molecule has 1 heterocycles. The Kier molecular flexibility index (Phi) is 4.93. The van der Waals surface area contributed by atoms with Gasteiger partial charge in [0.25, 0.3) is 11.6 Å². The summed E-state index contributed by atoms with van der Waals surface area (Å²) < 4.78 is 4.33. The number of para-hydroxylation sites is 2. The third-order valence-electron chi connectivity index (χ3n) is 5.14. The van der Waals surface area contributed by atoms with Gasteiger partial charge in [-0.15, -0.1) is 0 Å². The smallest absolute Gasteiger partial charge is 0.193 e. The number of hydrogen-bond donors (Lipinski definition) is 0. The standard InChI is InChI=1S/C27H22N3/c1-5-13-22(14-6-1)21-26-28-30(25-19-11-4-12-20-25)27(23-15-7-2-8-16-23)29(26)24-17-9-3-10-18-24/h1-20H,21H2/q+1. The van der Waals surface area contributed by atoms with Crippen molar-refractivity contribution >= 4 is 0 Å². The summed E-state index contributed by atoms with van der Waals surface area (Å²) in [7, 11) is 0.